The first kappa shape index (κ1) is 13.9. The average molecular weight is 231 g/mol. The van der Waals surface area contributed by atoms with Gasteiger partial charge in [0, 0.05) is 39.3 Å². The summed E-state index contributed by atoms with van der Waals surface area (Å²) in [5.74, 6) is 0. The second kappa shape index (κ2) is 8.93. The number of rotatable bonds is 9. The highest BCUT2D eigenvalue weighted by Gasteiger charge is 2.14. The van der Waals surface area contributed by atoms with Gasteiger partial charge in [-0.25, -0.2) is 0 Å². The van der Waals surface area contributed by atoms with Crippen LogP contribution in [-0.4, -0.2) is 45.3 Å². The van der Waals surface area contributed by atoms with Crippen LogP contribution in [0, 0.1) is 0 Å². The van der Waals surface area contributed by atoms with E-state index in [1.54, 1.807) is 0 Å². The molecule has 1 aliphatic rings. The third kappa shape index (κ3) is 5.80. The number of ether oxygens (including phenoxy) is 3. The van der Waals surface area contributed by atoms with E-state index in [0.29, 0.717) is 19.3 Å². The Balaban J connectivity index is 1.98. The molecule has 0 aromatic carbocycles. The van der Waals surface area contributed by atoms with Crippen LogP contribution in [0.15, 0.2) is 0 Å². The van der Waals surface area contributed by atoms with Crippen molar-refractivity contribution in [2.75, 3.05) is 32.9 Å². The minimum Gasteiger partial charge on any atom is -0.377 e. The summed E-state index contributed by atoms with van der Waals surface area (Å²) in [4.78, 5) is 0. The third-order valence-electron chi connectivity index (χ3n) is 2.66. The first-order valence-corrected chi connectivity index (χ1v) is 6.42. The maximum atomic E-state index is 5.53. The minimum absolute atomic E-state index is 0.0630. The Bertz CT molecular complexity index is 154. The summed E-state index contributed by atoms with van der Waals surface area (Å²) in [5, 5.41) is 3.39. The summed E-state index contributed by atoms with van der Waals surface area (Å²) in [7, 11) is 0. The quantitative estimate of drug-likeness (QED) is 0.483. The molecule has 1 N–H and O–H groups in total. The van der Waals surface area contributed by atoms with Gasteiger partial charge in [0.2, 0.25) is 0 Å². The zero-order valence-corrected chi connectivity index (χ0v) is 10.5. The fourth-order valence-corrected chi connectivity index (χ4v) is 1.87. The molecule has 0 amide bonds. The van der Waals surface area contributed by atoms with Gasteiger partial charge >= 0.3 is 0 Å². The molecule has 1 aliphatic heterocycles. The van der Waals surface area contributed by atoms with Crippen LogP contribution in [0.5, 0.6) is 0 Å². The molecule has 0 spiro atoms. The monoisotopic (exact) mass is 231 g/mol. The largest absolute Gasteiger partial charge is 0.377 e. The van der Waals surface area contributed by atoms with Crippen LogP contribution >= 0.6 is 0 Å². The lowest BCUT2D eigenvalue weighted by Crippen LogP contribution is -2.30. The van der Waals surface area contributed by atoms with Crippen LogP contribution in [0.3, 0.4) is 0 Å². The molecule has 0 radical (unpaired) electrons. The van der Waals surface area contributed by atoms with Crippen LogP contribution < -0.4 is 5.32 Å². The molecule has 4 nitrogen and oxygen atoms in total. The van der Waals surface area contributed by atoms with Crippen LogP contribution in [-0.2, 0) is 14.2 Å². The fourth-order valence-electron chi connectivity index (χ4n) is 1.87. The predicted molar refractivity (Wildman–Crippen MR) is 63.5 cm³/mol. The Morgan fingerprint density at radius 1 is 1.31 bits per heavy atom. The summed E-state index contributed by atoms with van der Waals surface area (Å²) in [5.41, 5.74) is 0. The van der Waals surface area contributed by atoms with E-state index in [0.717, 1.165) is 26.1 Å². The second-order valence-corrected chi connectivity index (χ2v) is 3.97. The average Bonchev–Trinajstić information content (AvgIpc) is 2.78. The van der Waals surface area contributed by atoms with Crippen molar-refractivity contribution in [3.63, 3.8) is 0 Å². The molecule has 0 bridgehead atoms. The van der Waals surface area contributed by atoms with Gasteiger partial charge in [-0.15, -0.1) is 0 Å². The van der Waals surface area contributed by atoms with Gasteiger partial charge in [-0.05, 0) is 26.7 Å². The normalized spacial score (nSPS) is 20.8. The first-order valence-electron chi connectivity index (χ1n) is 6.42. The number of nitrogens with one attached hydrogen (secondary N) is 1. The molecule has 96 valence electrons. The van der Waals surface area contributed by atoms with E-state index < -0.39 is 0 Å². The molecular weight excluding hydrogens is 206 g/mol. The highest BCUT2D eigenvalue weighted by Crippen LogP contribution is 2.10. The van der Waals surface area contributed by atoms with Crippen molar-refractivity contribution >= 4 is 0 Å². The van der Waals surface area contributed by atoms with E-state index in [-0.39, 0.29) is 6.29 Å². The number of hydrogen-bond acceptors (Lipinski definition) is 4. The molecule has 0 aromatic heterocycles. The van der Waals surface area contributed by atoms with Crippen LogP contribution in [0.2, 0.25) is 0 Å². The van der Waals surface area contributed by atoms with Crippen molar-refractivity contribution in [3.8, 4) is 0 Å². The topological polar surface area (TPSA) is 39.7 Å². The molecular formula is C12H25NO3. The zero-order valence-electron chi connectivity index (χ0n) is 10.5. The second-order valence-electron chi connectivity index (χ2n) is 3.97. The highest BCUT2D eigenvalue weighted by atomic mass is 16.7. The van der Waals surface area contributed by atoms with E-state index >= 15 is 0 Å². The van der Waals surface area contributed by atoms with Gasteiger partial charge in [-0.3, -0.25) is 0 Å². The lowest BCUT2D eigenvalue weighted by Gasteiger charge is -2.17. The van der Waals surface area contributed by atoms with Crippen molar-refractivity contribution in [3.05, 3.63) is 0 Å². The van der Waals surface area contributed by atoms with Crippen molar-refractivity contribution in [2.24, 2.45) is 0 Å². The standard InChI is InChI=1S/C12H25NO3/c1-3-14-12(15-4-2)7-8-13-10-11-6-5-9-16-11/h11-13H,3-10H2,1-2H3. The van der Waals surface area contributed by atoms with E-state index in [1.807, 2.05) is 13.8 Å². The smallest absolute Gasteiger partial charge is 0.158 e. The molecule has 16 heavy (non-hydrogen) atoms. The lowest BCUT2D eigenvalue weighted by molar-refractivity contribution is -0.138. The Hall–Kier alpha value is -0.160. The van der Waals surface area contributed by atoms with Crippen LogP contribution in [0.25, 0.3) is 0 Å². The third-order valence-corrected chi connectivity index (χ3v) is 2.66. The molecule has 1 saturated heterocycles. The lowest BCUT2D eigenvalue weighted by atomic mass is 10.2. The molecule has 1 unspecified atom stereocenters. The molecule has 0 aromatic rings. The summed E-state index contributed by atoms with van der Waals surface area (Å²) in [6.45, 7) is 8.19. The van der Waals surface area contributed by atoms with E-state index in [4.69, 9.17) is 14.2 Å². The van der Waals surface area contributed by atoms with Gasteiger partial charge in [-0.1, -0.05) is 0 Å². The van der Waals surface area contributed by atoms with Gasteiger partial charge in [0.05, 0.1) is 6.10 Å². The Kier molecular flexibility index (Phi) is 7.76. The van der Waals surface area contributed by atoms with Crippen LogP contribution in [0.4, 0.5) is 0 Å². The fraction of sp³-hybridized carbons (Fsp3) is 1.00. The maximum absolute atomic E-state index is 5.53. The molecule has 1 fully saturated rings. The molecule has 1 heterocycles. The Morgan fingerprint density at radius 3 is 2.62 bits per heavy atom. The Labute approximate surface area is 98.6 Å². The number of hydrogen-bond donors (Lipinski definition) is 1. The van der Waals surface area contributed by atoms with E-state index in [9.17, 15) is 0 Å². The molecule has 0 aliphatic carbocycles. The first-order chi connectivity index (χ1) is 7.86. The van der Waals surface area contributed by atoms with Crippen molar-refractivity contribution in [2.45, 2.75) is 45.5 Å². The predicted octanol–water partition coefficient (Wildman–Crippen LogP) is 1.54. The zero-order chi connectivity index (χ0) is 11.6. The molecule has 1 atom stereocenters. The maximum Gasteiger partial charge on any atom is 0.158 e. The van der Waals surface area contributed by atoms with Crippen molar-refractivity contribution in [1.29, 1.82) is 0 Å². The summed E-state index contributed by atoms with van der Waals surface area (Å²) >= 11 is 0. The highest BCUT2D eigenvalue weighted by molar-refractivity contribution is 4.67. The van der Waals surface area contributed by atoms with Crippen molar-refractivity contribution in [1.82, 2.24) is 5.32 Å². The molecule has 0 saturated carbocycles. The summed E-state index contributed by atoms with van der Waals surface area (Å²) in [6.07, 6.45) is 3.64. The summed E-state index contributed by atoms with van der Waals surface area (Å²) < 4.78 is 16.5. The Morgan fingerprint density at radius 2 is 2.06 bits per heavy atom. The van der Waals surface area contributed by atoms with Gasteiger partial charge < -0.3 is 19.5 Å². The van der Waals surface area contributed by atoms with Gasteiger partial charge in [0.25, 0.3) is 0 Å². The SMILES string of the molecule is CCOC(CCNCC1CCCO1)OCC. The summed E-state index contributed by atoms with van der Waals surface area (Å²) in [6, 6.07) is 0. The van der Waals surface area contributed by atoms with Gasteiger partial charge in [-0.2, -0.15) is 0 Å². The molecule has 1 rings (SSSR count). The minimum atomic E-state index is -0.0630. The van der Waals surface area contributed by atoms with E-state index in [2.05, 4.69) is 5.32 Å². The van der Waals surface area contributed by atoms with Gasteiger partial charge in [0.1, 0.15) is 0 Å². The van der Waals surface area contributed by atoms with Crippen LogP contribution in [0.1, 0.15) is 33.1 Å². The molecule has 4 heteroatoms. The van der Waals surface area contributed by atoms with E-state index in [1.165, 1.54) is 12.8 Å². The van der Waals surface area contributed by atoms with Gasteiger partial charge in [0.15, 0.2) is 6.29 Å². The van der Waals surface area contributed by atoms with Crippen molar-refractivity contribution < 1.29 is 14.2 Å².